The van der Waals surface area contributed by atoms with Crippen LogP contribution in [0.1, 0.15) is 26.7 Å². The zero-order valence-electron chi connectivity index (χ0n) is 10.1. The van der Waals surface area contributed by atoms with Crippen molar-refractivity contribution in [2.75, 3.05) is 26.2 Å². The molecule has 2 atom stereocenters. The molecule has 0 amide bonds. The summed E-state index contributed by atoms with van der Waals surface area (Å²) < 4.78 is 5.03. The molecule has 1 heterocycles. The number of nitriles is 1. The molecule has 0 bridgehead atoms. The van der Waals surface area contributed by atoms with Gasteiger partial charge in [-0.25, -0.2) is 0 Å². The molecule has 0 aromatic rings. The normalized spacial score (nSPS) is 23.4. The SMILES string of the molecule is CCOC(=O)[C@H]1CCCN(C[C@@H](C)C#N)C1. The predicted molar refractivity (Wildman–Crippen MR) is 60.6 cm³/mol. The monoisotopic (exact) mass is 224 g/mol. The largest absolute Gasteiger partial charge is 0.466 e. The van der Waals surface area contributed by atoms with Gasteiger partial charge in [0, 0.05) is 13.1 Å². The molecule has 0 spiro atoms. The van der Waals surface area contributed by atoms with E-state index in [2.05, 4.69) is 11.0 Å². The molecule has 1 aliphatic rings. The fourth-order valence-corrected chi connectivity index (χ4v) is 2.10. The number of hydrogen-bond donors (Lipinski definition) is 0. The first kappa shape index (κ1) is 13.0. The third-order valence-electron chi connectivity index (χ3n) is 2.88. The fourth-order valence-electron chi connectivity index (χ4n) is 2.10. The van der Waals surface area contributed by atoms with Gasteiger partial charge in [0.25, 0.3) is 0 Å². The van der Waals surface area contributed by atoms with Gasteiger partial charge >= 0.3 is 5.97 Å². The lowest BCUT2D eigenvalue weighted by atomic mass is 9.97. The Balaban J connectivity index is 2.41. The van der Waals surface area contributed by atoms with Crippen molar-refractivity contribution in [1.29, 1.82) is 5.26 Å². The van der Waals surface area contributed by atoms with Gasteiger partial charge in [-0.15, -0.1) is 0 Å². The zero-order chi connectivity index (χ0) is 12.0. The van der Waals surface area contributed by atoms with Crippen LogP contribution in [0.3, 0.4) is 0 Å². The smallest absolute Gasteiger partial charge is 0.310 e. The maximum Gasteiger partial charge on any atom is 0.310 e. The molecule has 0 radical (unpaired) electrons. The quantitative estimate of drug-likeness (QED) is 0.678. The Hall–Kier alpha value is -1.08. The molecule has 1 aliphatic heterocycles. The summed E-state index contributed by atoms with van der Waals surface area (Å²) in [6, 6.07) is 2.22. The molecule has 1 saturated heterocycles. The summed E-state index contributed by atoms with van der Waals surface area (Å²) in [5, 5.41) is 8.76. The fraction of sp³-hybridized carbons (Fsp3) is 0.833. The number of carbonyl (C=O) groups is 1. The summed E-state index contributed by atoms with van der Waals surface area (Å²) in [6.07, 6.45) is 1.93. The van der Waals surface area contributed by atoms with Crippen LogP contribution < -0.4 is 0 Å². The summed E-state index contributed by atoms with van der Waals surface area (Å²) in [4.78, 5) is 13.8. The third-order valence-corrected chi connectivity index (χ3v) is 2.88. The lowest BCUT2D eigenvalue weighted by Gasteiger charge is -2.31. The molecule has 4 nitrogen and oxygen atoms in total. The van der Waals surface area contributed by atoms with Crippen molar-refractivity contribution < 1.29 is 9.53 Å². The molecular weight excluding hydrogens is 204 g/mol. The van der Waals surface area contributed by atoms with Crippen molar-refractivity contribution in [2.24, 2.45) is 11.8 Å². The third kappa shape index (κ3) is 3.82. The van der Waals surface area contributed by atoms with Crippen molar-refractivity contribution in [3.63, 3.8) is 0 Å². The van der Waals surface area contributed by atoms with Crippen LogP contribution in [-0.4, -0.2) is 37.1 Å². The minimum Gasteiger partial charge on any atom is -0.466 e. The molecular formula is C12H20N2O2. The minimum absolute atomic E-state index is 0.000377. The average molecular weight is 224 g/mol. The van der Waals surface area contributed by atoms with Crippen molar-refractivity contribution in [2.45, 2.75) is 26.7 Å². The number of rotatable bonds is 4. The van der Waals surface area contributed by atoms with Gasteiger partial charge in [0.15, 0.2) is 0 Å². The van der Waals surface area contributed by atoms with Crippen LogP contribution in [0.25, 0.3) is 0 Å². The molecule has 90 valence electrons. The Bertz CT molecular complexity index is 273. The number of esters is 1. The molecule has 16 heavy (non-hydrogen) atoms. The number of carbonyl (C=O) groups excluding carboxylic acids is 1. The van der Waals surface area contributed by atoms with Gasteiger partial charge in [0.1, 0.15) is 0 Å². The number of piperidine rings is 1. The summed E-state index contributed by atoms with van der Waals surface area (Å²) >= 11 is 0. The second-order valence-corrected chi connectivity index (χ2v) is 4.38. The average Bonchev–Trinajstić information content (AvgIpc) is 2.29. The highest BCUT2D eigenvalue weighted by Crippen LogP contribution is 2.18. The van der Waals surface area contributed by atoms with Gasteiger partial charge in [-0.3, -0.25) is 4.79 Å². The first-order valence-electron chi connectivity index (χ1n) is 5.96. The van der Waals surface area contributed by atoms with Crippen molar-refractivity contribution >= 4 is 5.97 Å². The van der Waals surface area contributed by atoms with Crippen LogP contribution in [0.2, 0.25) is 0 Å². The van der Waals surface area contributed by atoms with Gasteiger partial charge in [-0.05, 0) is 33.2 Å². The van der Waals surface area contributed by atoms with Gasteiger partial charge in [0.05, 0.1) is 24.5 Å². The molecule has 0 aliphatic carbocycles. The number of ether oxygens (including phenoxy) is 1. The van der Waals surface area contributed by atoms with E-state index < -0.39 is 0 Å². The Morgan fingerprint density at radius 1 is 1.69 bits per heavy atom. The van der Waals surface area contributed by atoms with Gasteiger partial charge in [0.2, 0.25) is 0 Å². The summed E-state index contributed by atoms with van der Waals surface area (Å²) in [7, 11) is 0. The highest BCUT2D eigenvalue weighted by atomic mass is 16.5. The van der Waals surface area contributed by atoms with E-state index in [1.807, 2.05) is 13.8 Å². The van der Waals surface area contributed by atoms with Crippen molar-refractivity contribution in [3.05, 3.63) is 0 Å². The zero-order valence-corrected chi connectivity index (χ0v) is 10.1. The molecule has 0 saturated carbocycles. The highest BCUT2D eigenvalue weighted by molar-refractivity contribution is 5.72. The van der Waals surface area contributed by atoms with Crippen molar-refractivity contribution in [3.8, 4) is 6.07 Å². The first-order chi connectivity index (χ1) is 7.67. The lowest BCUT2D eigenvalue weighted by molar-refractivity contribution is -0.149. The van der Waals surface area contributed by atoms with E-state index >= 15 is 0 Å². The van der Waals surface area contributed by atoms with Crippen LogP contribution in [-0.2, 0) is 9.53 Å². The van der Waals surface area contributed by atoms with E-state index in [9.17, 15) is 4.79 Å². The Kier molecular flexibility index (Phi) is 5.27. The number of nitrogens with zero attached hydrogens (tertiary/aromatic N) is 2. The first-order valence-corrected chi connectivity index (χ1v) is 5.96. The lowest BCUT2D eigenvalue weighted by Crippen LogP contribution is -2.41. The van der Waals surface area contributed by atoms with E-state index in [0.29, 0.717) is 6.61 Å². The van der Waals surface area contributed by atoms with Crippen LogP contribution in [0, 0.1) is 23.2 Å². The maximum absolute atomic E-state index is 11.6. The van der Waals surface area contributed by atoms with E-state index in [1.54, 1.807) is 0 Å². The number of likely N-dealkylation sites (tertiary alicyclic amines) is 1. The highest BCUT2D eigenvalue weighted by Gasteiger charge is 2.27. The minimum atomic E-state index is -0.0863. The Labute approximate surface area is 97.2 Å². The van der Waals surface area contributed by atoms with E-state index in [-0.39, 0.29) is 17.8 Å². The van der Waals surface area contributed by atoms with Gasteiger partial charge in [-0.2, -0.15) is 5.26 Å². The number of hydrogen-bond acceptors (Lipinski definition) is 4. The Morgan fingerprint density at radius 3 is 3.06 bits per heavy atom. The standard InChI is InChI=1S/C12H20N2O2/c1-3-16-12(15)11-5-4-6-14(9-11)8-10(2)7-13/h10-11H,3-6,8-9H2,1-2H3/t10-,11-/m0/s1. The summed E-state index contributed by atoms with van der Waals surface area (Å²) in [6.45, 7) is 6.67. The molecule has 0 aromatic heterocycles. The van der Waals surface area contributed by atoms with Crippen LogP contribution in [0.5, 0.6) is 0 Å². The van der Waals surface area contributed by atoms with Crippen LogP contribution in [0.4, 0.5) is 0 Å². The van der Waals surface area contributed by atoms with Gasteiger partial charge in [-0.1, -0.05) is 0 Å². The molecule has 0 N–H and O–H groups in total. The summed E-state index contributed by atoms with van der Waals surface area (Å²) in [5.41, 5.74) is 0. The second-order valence-electron chi connectivity index (χ2n) is 4.38. The molecule has 4 heteroatoms. The topological polar surface area (TPSA) is 53.3 Å². The second kappa shape index (κ2) is 6.49. The molecule has 0 aromatic carbocycles. The molecule has 0 unspecified atom stereocenters. The van der Waals surface area contributed by atoms with Crippen LogP contribution >= 0.6 is 0 Å². The Morgan fingerprint density at radius 2 is 2.44 bits per heavy atom. The van der Waals surface area contributed by atoms with E-state index in [1.165, 1.54) is 0 Å². The van der Waals surface area contributed by atoms with E-state index in [4.69, 9.17) is 10.00 Å². The van der Waals surface area contributed by atoms with E-state index in [0.717, 1.165) is 32.5 Å². The van der Waals surface area contributed by atoms with Crippen LogP contribution in [0.15, 0.2) is 0 Å². The predicted octanol–water partition coefficient (Wildman–Crippen LogP) is 1.42. The molecule has 1 rings (SSSR count). The molecule has 1 fully saturated rings. The maximum atomic E-state index is 11.6. The summed E-state index contributed by atoms with van der Waals surface area (Å²) in [5.74, 6) is -0.0580. The van der Waals surface area contributed by atoms with Crippen molar-refractivity contribution in [1.82, 2.24) is 4.90 Å². The van der Waals surface area contributed by atoms with Gasteiger partial charge < -0.3 is 9.64 Å².